The summed E-state index contributed by atoms with van der Waals surface area (Å²) >= 11 is 0. The molecular formula is C12H20NO4-. The zero-order chi connectivity index (χ0) is 13.2. The average Bonchev–Trinajstić information content (AvgIpc) is 2.14. The van der Waals surface area contributed by atoms with Gasteiger partial charge in [0.05, 0.1) is 0 Å². The van der Waals surface area contributed by atoms with E-state index in [4.69, 9.17) is 4.74 Å². The molecule has 98 valence electrons. The van der Waals surface area contributed by atoms with Crippen molar-refractivity contribution in [2.24, 2.45) is 11.8 Å². The molecule has 0 aliphatic carbocycles. The van der Waals surface area contributed by atoms with Crippen molar-refractivity contribution < 1.29 is 19.4 Å². The van der Waals surface area contributed by atoms with Gasteiger partial charge < -0.3 is 19.5 Å². The lowest BCUT2D eigenvalue weighted by Gasteiger charge is -2.38. The van der Waals surface area contributed by atoms with Crippen molar-refractivity contribution in [2.75, 3.05) is 13.1 Å². The Morgan fingerprint density at radius 1 is 1.35 bits per heavy atom. The topological polar surface area (TPSA) is 69.7 Å². The van der Waals surface area contributed by atoms with Gasteiger partial charge in [0.2, 0.25) is 0 Å². The molecule has 0 aromatic rings. The molecular weight excluding hydrogens is 222 g/mol. The van der Waals surface area contributed by atoms with E-state index < -0.39 is 23.6 Å². The summed E-state index contributed by atoms with van der Waals surface area (Å²) < 4.78 is 5.21. The second-order valence-electron chi connectivity index (χ2n) is 5.62. The normalized spacial score (nSPS) is 25.5. The van der Waals surface area contributed by atoms with Gasteiger partial charge in [-0.15, -0.1) is 0 Å². The fraction of sp³-hybridized carbons (Fsp3) is 0.833. The van der Waals surface area contributed by atoms with E-state index in [0.717, 1.165) is 0 Å². The van der Waals surface area contributed by atoms with Crippen molar-refractivity contribution in [1.82, 2.24) is 4.90 Å². The van der Waals surface area contributed by atoms with Crippen LogP contribution in [0.4, 0.5) is 4.79 Å². The van der Waals surface area contributed by atoms with Gasteiger partial charge in [-0.3, -0.25) is 0 Å². The highest BCUT2D eigenvalue weighted by molar-refractivity contribution is 5.72. The van der Waals surface area contributed by atoms with Crippen LogP contribution in [-0.4, -0.2) is 35.7 Å². The van der Waals surface area contributed by atoms with Crippen molar-refractivity contribution in [2.45, 2.75) is 39.7 Å². The van der Waals surface area contributed by atoms with Crippen LogP contribution in [0, 0.1) is 11.8 Å². The third-order valence-corrected chi connectivity index (χ3v) is 2.91. The van der Waals surface area contributed by atoms with E-state index in [0.29, 0.717) is 13.0 Å². The van der Waals surface area contributed by atoms with Crippen LogP contribution in [0.15, 0.2) is 0 Å². The molecule has 1 amide bonds. The molecule has 2 atom stereocenters. The van der Waals surface area contributed by atoms with Crippen LogP contribution in [0.1, 0.15) is 34.1 Å². The van der Waals surface area contributed by atoms with Crippen LogP contribution >= 0.6 is 0 Å². The van der Waals surface area contributed by atoms with Crippen molar-refractivity contribution in [3.8, 4) is 0 Å². The van der Waals surface area contributed by atoms with E-state index in [1.54, 1.807) is 20.8 Å². The summed E-state index contributed by atoms with van der Waals surface area (Å²) in [7, 11) is 0. The maximum Gasteiger partial charge on any atom is 0.410 e. The Morgan fingerprint density at radius 3 is 2.41 bits per heavy atom. The third kappa shape index (κ3) is 3.91. The first-order chi connectivity index (χ1) is 7.70. The molecule has 1 rings (SSSR count). The van der Waals surface area contributed by atoms with E-state index >= 15 is 0 Å². The van der Waals surface area contributed by atoms with Crippen molar-refractivity contribution in [3.63, 3.8) is 0 Å². The van der Waals surface area contributed by atoms with E-state index in [-0.39, 0.29) is 12.5 Å². The predicted molar refractivity (Wildman–Crippen MR) is 60.1 cm³/mol. The number of carbonyl (C=O) groups excluding carboxylic acids is 2. The van der Waals surface area contributed by atoms with E-state index in [1.807, 2.05) is 6.92 Å². The number of likely N-dealkylation sites (tertiary alicyclic amines) is 1. The Bertz CT molecular complexity index is 308. The summed E-state index contributed by atoms with van der Waals surface area (Å²) in [4.78, 5) is 24.2. The number of carbonyl (C=O) groups is 2. The average molecular weight is 242 g/mol. The second-order valence-corrected chi connectivity index (χ2v) is 5.62. The molecule has 17 heavy (non-hydrogen) atoms. The maximum absolute atomic E-state index is 11.8. The molecule has 5 nitrogen and oxygen atoms in total. The number of amides is 1. The molecule has 1 saturated heterocycles. The maximum atomic E-state index is 11.8. The number of hydrogen-bond donors (Lipinski definition) is 0. The van der Waals surface area contributed by atoms with Gasteiger partial charge in [0.15, 0.2) is 0 Å². The zero-order valence-electron chi connectivity index (χ0n) is 10.9. The number of rotatable bonds is 1. The van der Waals surface area contributed by atoms with Crippen LogP contribution in [0.5, 0.6) is 0 Å². The summed E-state index contributed by atoms with van der Waals surface area (Å²) in [5, 5.41) is 10.9. The molecule has 2 unspecified atom stereocenters. The zero-order valence-corrected chi connectivity index (χ0v) is 10.9. The second kappa shape index (κ2) is 4.94. The van der Waals surface area contributed by atoms with Crippen molar-refractivity contribution in [1.29, 1.82) is 0 Å². The van der Waals surface area contributed by atoms with Gasteiger partial charge in [0.1, 0.15) is 5.60 Å². The molecule has 0 N–H and O–H groups in total. The monoisotopic (exact) mass is 242 g/mol. The third-order valence-electron chi connectivity index (χ3n) is 2.91. The molecule has 0 saturated carbocycles. The molecule has 1 aliphatic rings. The van der Waals surface area contributed by atoms with Crippen LogP contribution in [0.25, 0.3) is 0 Å². The minimum Gasteiger partial charge on any atom is -0.550 e. The van der Waals surface area contributed by atoms with Gasteiger partial charge in [0, 0.05) is 25.0 Å². The lowest BCUT2D eigenvalue weighted by atomic mass is 9.87. The van der Waals surface area contributed by atoms with Gasteiger partial charge in [-0.2, -0.15) is 0 Å². The Kier molecular flexibility index (Phi) is 4.01. The van der Waals surface area contributed by atoms with Crippen LogP contribution in [0.3, 0.4) is 0 Å². The van der Waals surface area contributed by atoms with Gasteiger partial charge >= 0.3 is 6.09 Å². The Labute approximate surface area is 102 Å². The Hall–Kier alpha value is -1.26. The molecule has 1 fully saturated rings. The van der Waals surface area contributed by atoms with Gasteiger partial charge in [-0.05, 0) is 33.1 Å². The molecule has 1 heterocycles. The highest BCUT2D eigenvalue weighted by Crippen LogP contribution is 2.24. The lowest BCUT2D eigenvalue weighted by molar-refractivity contribution is -0.314. The van der Waals surface area contributed by atoms with Crippen molar-refractivity contribution in [3.05, 3.63) is 0 Å². The number of carboxylic acid groups (broad SMARTS) is 1. The molecule has 0 radical (unpaired) electrons. The van der Waals surface area contributed by atoms with Crippen LogP contribution in [-0.2, 0) is 9.53 Å². The molecule has 0 aromatic carbocycles. The Balaban J connectivity index is 2.62. The first-order valence-corrected chi connectivity index (χ1v) is 5.89. The molecule has 5 heteroatoms. The predicted octanol–water partition coefficient (Wildman–Crippen LogP) is 0.629. The number of ether oxygens (including phenoxy) is 1. The summed E-state index contributed by atoms with van der Waals surface area (Å²) in [5.74, 6) is -1.65. The van der Waals surface area contributed by atoms with E-state index in [1.165, 1.54) is 4.90 Å². The van der Waals surface area contributed by atoms with Gasteiger partial charge in [-0.25, -0.2) is 4.79 Å². The SMILES string of the molecule is CC1CCN(C(=O)OC(C)(C)C)CC1C(=O)[O-]. The fourth-order valence-electron chi connectivity index (χ4n) is 1.87. The summed E-state index contributed by atoms with van der Waals surface area (Å²) in [6.07, 6.45) is 0.216. The Morgan fingerprint density at radius 2 is 1.94 bits per heavy atom. The van der Waals surface area contributed by atoms with Crippen LogP contribution < -0.4 is 5.11 Å². The van der Waals surface area contributed by atoms with Crippen molar-refractivity contribution >= 4 is 12.1 Å². The summed E-state index contributed by atoms with van der Waals surface area (Å²) in [6.45, 7) is 7.94. The van der Waals surface area contributed by atoms with Gasteiger partial charge in [0.25, 0.3) is 0 Å². The fourth-order valence-corrected chi connectivity index (χ4v) is 1.87. The number of piperidine rings is 1. The highest BCUT2D eigenvalue weighted by Gasteiger charge is 2.31. The standard InChI is InChI=1S/C12H21NO4/c1-8-5-6-13(7-9(8)10(14)15)11(16)17-12(2,3)4/h8-9H,5-7H2,1-4H3,(H,14,15)/p-1. The largest absolute Gasteiger partial charge is 0.550 e. The lowest BCUT2D eigenvalue weighted by Crippen LogP contribution is -2.50. The molecule has 0 spiro atoms. The van der Waals surface area contributed by atoms with Gasteiger partial charge in [-0.1, -0.05) is 6.92 Å². The quantitative estimate of drug-likeness (QED) is 0.676. The number of carboxylic acids is 1. The van der Waals surface area contributed by atoms with E-state index in [9.17, 15) is 14.7 Å². The van der Waals surface area contributed by atoms with Crippen LogP contribution in [0.2, 0.25) is 0 Å². The number of hydrogen-bond acceptors (Lipinski definition) is 4. The summed E-state index contributed by atoms with van der Waals surface area (Å²) in [6, 6.07) is 0. The number of nitrogens with zero attached hydrogens (tertiary/aromatic N) is 1. The molecule has 1 aliphatic heterocycles. The molecule has 0 bridgehead atoms. The first-order valence-electron chi connectivity index (χ1n) is 5.89. The molecule has 0 aromatic heterocycles. The first kappa shape index (κ1) is 13.8. The number of aliphatic carboxylic acids is 1. The minimum atomic E-state index is -1.09. The summed E-state index contributed by atoms with van der Waals surface area (Å²) in [5.41, 5.74) is -0.558. The minimum absolute atomic E-state index is 0.0405. The smallest absolute Gasteiger partial charge is 0.410 e. The van der Waals surface area contributed by atoms with E-state index in [2.05, 4.69) is 0 Å². The highest BCUT2D eigenvalue weighted by atomic mass is 16.6.